The number of aryl methyl sites for hydroxylation is 1. The van der Waals surface area contributed by atoms with Gasteiger partial charge in [-0.3, -0.25) is 5.10 Å². The lowest BCUT2D eigenvalue weighted by atomic mass is 9.74. The molecule has 31 heavy (non-hydrogen) atoms. The van der Waals surface area contributed by atoms with Gasteiger partial charge in [-0.15, -0.1) is 5.10 Å². The van der Waals surface area contributed by atoms with Gasteiger partial charge in [0.25, 0.3) is 0 Å². The van der Waals surface area contributed by atoms with Gasteiger partial charge in [0, 0.05) is 11.3 Å². The largest absolute Gasteiger partial charge is 0.507 e. The number of carbonyl (C=O) groups is 1. The van der Waals surface area contributed by atoms with E-state index >= 15 is 0 Å². The van der Waals surface area contributed by atoms with Gasteiger partial charge in [-0.1, -0.05) is 53.7 Å². The van der Waals surface area contributed by atoms with Crippen LogP contribution in [0.15, 0.2) is 23.6 Å². The number of H-pyrrole nitrogens is 1. The Balaban J connectivity index is 2.37. The van der Waals surface area contributed by atoms with Crippen LogP contribution in [0.1, 0.15) is 82.3 Å². The molecule has 3 rings (SSSR count). The zero-order chi connectivity index (χ0) is 23.3. The summed E-state index contributed by atoms with van der Waals surface area (Å²) in [5.41, 5.74) is 9.73. The van der Waals surface area contributed by atoms with E-state index in [0.29, 0.717) is 5.88 Å². The average Bonchev–Trinajstić information content (AvgIpc) is 2.99. The number of fused-ring (bicyclic) bond motifs is 1. The molecule has 7 heteroatoms. The Kier molecular flexibility index (Phi) is 5.59. The molecule has 0 bridgehead atoms. The minimum atomic E-state index is -0.538. The molecule has 1 aromatic carbocycles. The highest BCUT2D eigenvalue weighted by molar-refractivity contribution is 5.92. The lowest BCUT2D eigenvalue weighted by Crippen LogP contribution is -2.28. The number of ether oxygens (including phenoxy) is 2. The van der Waals surface area contributed by atoms with Crippen molar-refractivity contribution in [1.82, 2.24) is 10.2 Å². The molecular formula is C24H33N3O4. The van der Waals surface area contributed by atoms with Crippen molar-refractivity contribution in [1.29, 1.82) is 0 Å². The standard InChI is InChI=1S/C24H33N3O4/c1-9-30-22(29)18-17(16-12(2)26-27-21(16)31-20(18)25)13-10-14(23(3,4)5)19(28)15(11-13)24(6,7)8/h10-11,17,28H,9,25H2,1-8H3,(H,26,27). The Morgan fingerprint density at radius 2 is 1.74 bits per heavy atom. The average molecular weight is 428 g/mol. The SMILES string of the molecule is CCOC(=O)C1=C(N)Oc2n[nH]c(C)c2C1c1cc(C(C)(C)C)c(O)c(C(C)(C)C)c1. The van der Waals surface area contributed by atoms with Gasteiger partial charge in [0.05, 0.1) is 12.5 Å². The minimum Gasteiger partial charge on any atom is -0.507 e. The molecule has 0 radical (unpaired) electrons. The molecule has 0 aliphatic carbocycles. The summed E-state index contributed by atoms with van der Waals surface area (Å²) in [5.74, 6) is -0.473. The third-order valence-electron chi connectivity index (χ3n) is 5.59. The second-order valence-corrected chi connectivity index (χ2v) is 10.1. The fourth-order valence-electron chi connectivity index (χ4n) is 4.01. The molecule has 168 valence electrons. The molecule has 0 spiro atoms. The minimum absolute atomic E-state index is 0.0230. The number of phenols is 1. The Labute approximate surface area is 183 Å². The molecule has 1 unspecified atom stereocenters. The molecule has 0 saturated heterocycles. The highest BCUT2D eigenvalue weighted by Gasteiger charge is 2.40. The predicted octanol–water partition coefficient (Wildman–Crippen LogP) is 4.28. The van der Waals surface area contributed by atoms with E-state index in [4.69, 9.17) is 15.2 Å². The van der Waals surface area contributed by atoms with E-state index in [-0.39, 0.29) is 34.6 Å². The smallest absolute Gasteiger partial charge is 0.340 e. The van der Waals surface area contributed by atoms with E-state index in [0.717, 1.165) is 27.9 Å². The Morgan fingerprint density at radius 1 is 1.19 bits per heavy atom. The fraction of sp³-hybridized carbons (Fsp3) is 0.500. The van der Waals surface area contributed by atoms with Gasteiger partial charge in [0.2, 0.25) is 11.8 Å². The number of esters is 1. The predicted molar refractivity (Wildman–Crippen MR) is 119 cm³/mol. The van der Waals surface area contributed by atoms with Gasteiger partial charge in [-0.2, -0.15) is 0 Å². The number of hydrogen-bond acceptors (Lipinski definition) is 6. The second kappa shape index (κ2) is 7.62. The van der Waals surface area contributed by atoms with Gasteiger partial charge in [-0.25, -0.2) is 4.79 Å². The summed E-state index contributed by atoms with van der Waals surface area (Å²) in [6, 6.07) is 3.90. The second-order valence-electron chi connectivity index (χ2n) is 10.1. The molecule has 1 atom stereocenters. The van der Waals surface area contributed by atoms with Crippen LogP contribution in [0.3, 0.4) is 0 Å². The lowest BCUT2D eigenvalue weighted by Gasteiger charge is -2.31. The van der Waals surface area contributed by atoms with Crippen LogP contribution in [-0.2, 0) is 20.4 Å². The van der Waals surface area contributed by atoms with Crippen LogP contribution in [0.25, 0.3) is 0 Å². The number of phenolic OH excluding ortho intramolecular Hbond substituents is 1. The van der Waals surface area contributed by atoms with Crippen LogP contribution in [-0.4, -0.2) is 27.9 Å². The maximum Gasteiger partial charge on any atom is 0.340 e. The van der Waals surface area contributed by atoms with Crippen molar-refractivity contribution in [2.45, 2.75) is 72.1 Å². The number of nitrogens with two attached hydrogens (primary N) is 1. The zero-order valence-corrected chi connectivity index (χ0v) is 19.6. The third-order valence-corrected chi connectivity index (χ3v) is 5.59. The Bertz CT molecular complexity index is 1020. The van der Waals surface area contributed by atoms with Crippen molar-refractivity contribution in [3.05, 3.63) is 51.5 Å². The summed E-state index contributed by atoms with van der Waals surface area (Å²) in [6.45, 7) is 16.1. The summed E-state index contributed by atoms with van der Waals surface area (Å²) < 4.78 is 11.0. The number of rotatable bonds is 3. The number of nitrogens with one attached hydrogen (secondary N) is 1. The van der Waals surface area contributed by atoms with Crippen molar-refractivity contribution < 1.29 is 19.4 Å². The number of nitrogens with zero attached hydrogens (tertiary/aromatic N) is 1. The van der Waals surface area contributed by atoms with Gasteiger partial charge in [0.1, 0.15) is 11.3 Å². The monoisotopic (exact) mass is 427 g/mol. The van der Waals surface area contributed by atoms with Gasteiger partial charge in [-0.05, 0) is 41.4 Å². The number of hydrogen-bond donors (Lipinski definition) is 3. The Hall–Kier alpha value is -2.96. The van der Waals surface area contributed by atoms with Crippen LogP contribution < -0.4 is 10.5 Å². The lowest BCUT2D eigenvalue weighted by molar-refractivity contribution is -0.139. The first-order valence-electron chi connectivity index (χ1n) is 10.5. The molecule has 0 fully saturated rings. The van der Waals surface area contributed by atoms with E-state index < -0.39 is 11.9 Å². The highest BCUT2D eigenvalue weighted by Crippen LogP contribution is 2.47. The molecular weight excluding hydrogens is 394 g/mol. The van der Waals surface area contributed by atoms with Crippen LogP contribution in [0.5, 0.6) is 11.6 Å². The van der Waals surface area contributed by atoms with Crippen molar-refractivity contribution in [2.75, 3.05) is 6.61 Å². The van der Waals surface area contributed by atoms with Crippen molar-refractivity contribution in [2.24, 2.45) is 5.73 Å². The van der Waals surface area contributed by atoms with Gasteiger partial charge < -0.3 is 20.3 Å². The van der Waals surface area contributed by atoms with Crippen LogP contribution in [0.2, 0.25) is 0 Å². The maximum atomic E-state index is 12.9. The molecule has 1 aromatic heterocycles. The molecule has 2 heterocycles. The molecule has 2 aromatic rings. The topological polar surface area (TPSA) is 110 Å². The van der Waals surface area contributed by atoms with Crippen molar-refractivity contribution in [3.63, 3.8) is 0 Å². The van der Waals surface area contributed by atoms with Crippen LogP contribution in [0, 0.1) is 6.92 Å². The van der Waals surface area contributed by atoms with Gasteiger partial charge in [0.15, 0.2) is 0 Å². The first-order chi connectivity index (χ1) is 14.3. The highest BCUT2D eigenvalue weighted by atomic mass is 16.5. The number of aromatic hydroxyl groups is 1. The van der Waals surface area contributed by atoms with Crippen molar-refractivity contribution in [3.8, 4) is 11.6 Å². The number of benzene rings is 1. The molecule has 0 saturated carbocycles. The fourth-order valence-corrected chi connectivity index (χ4v) is 4.01. The number of carbonyl (C=O) groups excluding carboxylic acids is 1. The zero-order valence-electron chi connectivity index (χ0n) is 19.6. The van der Waals surface area contributed by atoms with Crippen LogP contribution in [0.4, 0.5) is 0 Å². The van der Waals surface area contributed by atoms with E-state index in [1.54, 1.807) is 6.92 Å². The Morgan fingerprint density at radius 3 is 2.23 bits per heavy atom. The first-order valence-corrected chi connectivity index (χ1v) is 10.5. The molecule has 1 aliphatic heterocycles. The first kappa shape index (κ1) is 22.7. The molecule has 7 nitrogen and oxygen atoms in total. The quantitative estimate of drug-likeness (QED) is 0.631. The summed E-state index contributed by atoms with van der Waals surface area (Å²) in [6.07, 6.45) is 0. The van der Waals surface area contributed by atoms with E-state index in [9.17, 15) is 9.90 Å². The van der Waals surface area contributed by atoms with Crippen LogP contribution >= 0.6 is 0 Å². The van der Waals surface area contributed by atoms with E-state index in [2.05, 4.69) is 10.2 Å². The normalized spacial score (nSPS) is 16.7. The summed E-state index contributed by atoms with van der Waals surface area (Å²) in [5, 5.41) is 18.3. The number of aromatic amines is 1. The number of aromatic nitrogens is 2. The maximum absolute atomic E-state index is 12.9. The third kappa shape index (κ3) is 4.01. The van der Waals surface area contributed by atoms with Gasteiger partial charge >= 0.3 is 5.97 Å². The van der Waals surface area contributed by atoms with Crippen molar-refractivity contribution >= 4 is 5.97 Å². The van der Waals surface area contributed by atoms with E-state index in [1.807, 2.05) is 60.6 Å². The molecule has 4 N–H and O–H groups in total. The summed E-state index contributed by atoms with van der Waals surface area (Å²) in [7, 11) is 0. The summed E-state index contributed by atoms with van der Waals surface area (Å²) in [4.78, 5) is 12.9. The summed E-state index contributed by atoms with van der Waals surface area (Å²) >= 11 is 0. The van der Waals surface area contributed by atoms with E-state index in [1.165, 1.54) is 0 Å². The molecule has 1 aliphatic rings. The molecule has 0 amide bonds.